The topological polar surface area (TPSA) is 15.8 Å². The van der Waals surface area contributed by atoms with E-state index in [4.69, 9.17) is 0 Å². The van der Waals surface area contributed by atoms with E-state index in [1.165, 1.54) is 43.7 Å². The van der Waals surface area contributed by atoms with Crippen molar-refractivity contribution < 1.29 is 0 Å². The predicted molar refractivity (Wildman–Crippen MR) is 98.7 cm³/mol. The summed E-state index contributed by atoms with van der Waals surface area (Å²) in [4.78, 5) is 3.58. The quantitative estimate of drug-likeness (QED) is 0.382. The molecule has 1 aromatic heterocycles. The number of hydrogen-bond acceptors (Lipinski definition) is 0. The molecule has 1 nitrogen and oxygen atoms in total. The zero-order valence-electron chi connectivity index (χ0n) is 12.6. The zero-order chi connectivity index (χ0) is 15.2. The largest absolute Gasteiger partial charge is 0.354 e. The Labute approximate surface area is 134 Å². The van der Waals surface area contributed by atoms with Crippen molar-refractivity contribution >= 4 is 32.6 Å². The van der Waals surface area contributed by atoms with Crippen LogP contribution in [0.1, 0.15) is 0 Å². The highest BCUT2D eigenvalue weighted by Crippen LogP contribution is 2.34. The van der Waals surface area contributed by atoms with Crippen LogP contribution in [-0.2, 0) is 0 Å². The van der Waals surface area contributed by atoms with Gasteiger partial charge in [0.1, 0.15) is 0 Å². The number of benzene rings is 4. The fraction of sp³-hybridized carbons (Fsp3) is 0. The Hall–Kier alpha value is -3.06. The summed E-state index contributed by atoms with van der Waals surface area (Å²) in [6, 6.07) is 30.2. The summed E-state index contributed by atoms with van der Waals surface area (Å²) in [7, 11) is 0. The van der Waals surface area contributed by atoms with E-state index in [1.54, 1.807) is 0 Å². The molecule has 5 aromatic rings. The maximum Gasteiger partial charge on any atom is 0.0471 e. The smallest absolute Gasteiger partial charge is 0.0471 e. The van der Waals surface area contributed by atoms with E-state index in [2.05, 4.69) is 89.9 Å². The molecule has 0 bridgehead atoms. The van der Waals surface area contributed by atoms with Gasteiger partial charge in [0.25, 0.3) is 0 Å². The van der Waals surface area contributed by atoms with Gasteiger partial charge in [-0.1, -0.05) is 72.8 Å². The first-order valence-electron chi connectivity index (χ1n) is 7.89. The van der Waals surface area contributed by atoms with Crippen molar-refractivity contribution in [3.05, 3.63) is 84.9 Å². The van der Waals surface area contributed by atoms with E-state index in [0.29, 0.717) is 0 Å². The number of aromatic nitrogens is 1. The van der Waals surface area contributed by atoms with Gasteiger partial charge in [-0.15, -0.1) is 0 Å². The van der Waals surface area contributed by atoms with Gasteiger partial charge in [0, 0.05) is 21.8 Å². The fourth-order valence-corrected chi connectivity index (χ4v) is 3.49. The van der Waals surface area contributed by atoms with E-state index in [9.17, 15) is 0 Å². The maximum atomic E-state index is 3.58. The normalized spacial score (nSPS) is 11.5. The van der Waals surface area contributed by atoms with Crippen molar-refractivity contribution in [3.63, 3.8) is 0 Å². The number of aromatic amines is 1. The van der Waals surface area contributed by atoms with E-state index in [1.807, 2.05) is 0 Å². The summed E-state index contributed by atoms with van der Waals surface area (Å²) < 4.78 is 0. The summed E-state index contributed by atoms with van der Waals surface area (Å²) in [6.07, 6.45) is 0. The Morgan fingerprint density at radius 1 is 0.522 bits per heavy atom. The van der Waals surface area contributed by atoms with Crippen molar-refractivity contribution in [1.29, 1.82) is 0 Å². The fourth-order valence-electron chi connectivity index (χ4n) is 3.49. The Bertz CT molecular complexity index is 1150. The second-order valence-electron chi connectivity index (χ2n) is 5.96. The molecule has 0 atom stereocenters. The van der Waals surface area contributed by atoms with Gasteiger partial charge >= 0.3 is 0 Å². The van der Waals surface area contributed by atoms with Gasteiger partial charge in [0.15, 0.2) is 0 Å². The van der Waals surface area contributed by atoms with Crippen LogP contribution in [0.25, 0.3) is 43.7 Å². The van der Waals surface area contributed by atoms with Gasteiger partial charge in [-0.05, 0) is 34.0 Å². The minimum Gasteiger partial charge on any atom is -0.354 e. The molecule has 0 spiro atoms. The van der Waals surface area contributed by atoms with Crippen LogP contribution in [0.3, 0.4) is 0 Å². The van der Waals surface area contributed by atoms with Crippen LogP contribution in [0.4, 0.5) is 0 Å². The first-order chi connectivity index (χ1) is 11.4. The maximum absolute atomic E-state index is 3.58. The lowest BCUT2D eigenvalue weighted by Crippen LogP contribution is -1.77. The van der Waals surface area contributed by atoms with Gasteiger partial charge in [0.2, 0.25) is 0 Å². The molecule has 0 amide bonds. The first kappa shape index (κ1) is 12.5. The van der Waals surface area contributed by atoms with Crippen molar-refractivity contribution in [2.45, 2.75) is 0 Å². The molecule has 23 heavy (non-hydrogen) atoms. The monoisotopic (exact) mass is 293 g/mol. The molecular formula is C22H15N. The molecule has 0 unspecified atom stereocenters. The number of rotatable bonds is 1. The standard InChI is InChI=1S/C22H15N/c1-2-6-15(7-3-1)17-10-12-19-21(14-17)23-20-13-11-16-8-4-5-9-18(16)22(19)20/h1-14,23H. The van der Waals surface area contributed by atoms with Crippen molar-refractivity contribution in [3.8, 4) is 11.1 Å². The highest BCUT2D eigenvalue weighted by molar-refractivity contribution is 6.20. The summed E-state index contributed by atoms with van der Waals surface area (Å²) in [5, 5.41) is 5.20. The number of hydrogen-bond donors (Lipinski definition) is 1. The molecule has 0 aliphatic carbocycles. The van der Waals surface area contributed by atoms with Gasteiger partial charge in [-0.2, -0.15) is 0 Å². The van der Waals surface area contributed by atoms with Crippen LogP contribution in [0, 0.1) is 0 Å². The van der Waals surface area contributed by atoms with Crippen molar-refractivity contribution in [2.24, 2.45) is 0 Å². The van der Waals surface area contributed by atoms with Crippen LogP contribution in [0.2, 0.25) is 0 Å². The summed E-state index contributed by atoms with van der Waals surface area (Å²) in [5.74, 6) is 0. The molecule has 0 radical (unpaired) electrons. The minimum atomic E-state index is 1.19. The molecule has 0 saturated carbocycles. The summed E-state index contributed by atoms with van der Waals surface area (Å²) in [6.45, 7) is 0. The molecule has 4 aromatic carbocycles. The lowest BCUT2D eigenvalue weighted by atomic mass is 10.0. The van der Waals surface area contributed by atoms with Crippen LogP contribution in [0.15, 0.2) is 84.9 Å². The average molecular weight is 293 g/mol. The van der Waals surface area contributed by atoms with Gasteiger partial charge in [0.05, 0.1) is 0 Å². The molecule has 1 N–H and O–H groups in total. The summed E-state index contributed by atoms with van der Waals surface area (Å²) in [5.41, 5.74) is 4.88. The van der Waals surface area contributed by atoms with Gasteiger partial charge < -0.3 is 4.98 Å². The Kier molecular flexibility index (Phi) is 2.56. The molecule has 0 fully saturated rings. The minimum absolute atomic E-state index is 1.19. The van der Waals surface area contributed by atoms with Crippen LogP contribution >= 0.6 is 0 Å². The Balaban J connectivity index is 1.85. The Morgan fingerprint density at radius 3 is 2.26 bits per heavy atom. The SMILES string of the molecule is c1ccc(-c2ccc3c(c2)[nH]c2ccc4ccccc4c23)cc1. The molecule has 5 rings (SSSR count). The van der Waals surface area contributed by atoms with Crippen LogP contribution in [0.5, 0.6) is 0 Å². The second-order valence-corrected chi connectivity index (χ2v) is 5.96. The number of nitrogens with one attached hydrogen (secondary N) is 1. The third kappa shape index (κ3) is 1.87. The molecule has 0 saturated heterocycles. The van der Waals surface area contributed by atoms with Crippen molar-refractivity contribution in [2.75, 3.05) is 0 Å². The molecule has 1 heteroatoms. The van der Waals surface area contributed by atoms with E-state index in [0.717, 1.165) is 0 Å². The predicted octanol–water partition coefficient (Wildman–Crippen LogP) is 6.14. The summed E-state index contributed by atoms with van der Waals surface area (Å²) >= 11 is 0. The average Bonchev–Trinajstić information content (AvgIpc) is 3.00. The lowest BCUT2D eigenvalue weighted by Gasteiger charge is -2.02. The van der Waals surface area contributed by atoms with Crippen LogP contribution < -0.4 is 0 Å². The Morgan fingerprint density at radius 2 is 1.35 bits per heavy atom. The van der Waals surface area contributed by atoms with E-state index in [-0.39, 0.29) is 0 Å². The molecular weight excluding hydrogens is 278 g/mol. The first-order valence-corrected chi connectivity index (χ1v) is 7.89. The third-order valence-electron chi connectivity index (χ3n) is 4.59. The third-order valence-corrected chi connectivity index (χ3v) is 4.59. The van der Waals surface area contributed by atoms with Crippen LogP contribution in [-0.4, -0.2) is 4.98 Å². The number of H-pyrrole nitrogens is 1. The zero-order valence-corrected chi connectivity index (χ0v) is 12.6. The molecule has 0 aliphatic rings. The number of fused-ring (bicyclic) bond motifs is 5. The van der Waals surface area contributed by atoms with Gasteiger partial charge in [-0.3, -0.25) is 0 Å². The highest BCUT2D eigenvalue weighted by atomic mass is 14.7. The highest BCUT2D eigenvalue weighted by Gasteiger charge is 2.09. The van der Waals surface area contributed by atoms with E-state index >= 15 is 0 Å². The van der Waals surface area contributed by atoms with Crippen molar-refractivity contribution in [1.82, 2.24) is 4.98 Å². The van der Waals surface area contributed by atoms with Gasteiger partial charge in [-0.25, -0.2) is 0 Å². The molecule has 1 heterocycles. The molecule has 108 valence electrons. The lowest BCUT2D eigenvalue weighted by molar-refractivity contribution is 1.54. The van der Waals surface area contributed by atoms with E-state index < -0.39 is 0 Å². The molecule has 0 aliphatic heterocycles. The second kappa shape index (κ2) is 4.72.